The van der Waals surface area contributed by atoms with E-state index in [0.29, 0.717) is 19.3 Å². The molecule has 3 aliphatic carbocycles. The van der Waals surface area contributed by atoms with Gasteiger partial charge in [0.05, 0.1) is 5.60 Å². The summed E-state index contributed by atoms with van der Waals surface area (Å²) in [6, 6.07) is -0.354. The number of hydrogen-bond acceptors (Lipinski definition) is 4. The molecule has 1 heterocycles. The molecule has 0 N–H and O–H groups in total. The number of nitrogens with zero attached hydrogens (tertiary/aromatic N) is 1. The molecule has 9 heteroatoms. The summed E-state index contributed by atoms with van der Waals surface area (Å²) in [5, 5.41) is 0. The first-order valence-electron chi connectivity index (χ1n) is 10.6. The number of allylic oxidation sites excluding steroid dienone is 2. The zero-order valence-corrected chi connectivity index (χ0v) is 18.6. The Balaban J connectivity index is 1.82. The summed E-state index contributed by atoms with van der Waals surface area (Å²) >= 11 is 0. The Morgan fingerprint density at radius 1 is 1.17 bits per heavy atom. The first kappa shape index (κ1) is 22.1. The quantitative estimate of drug-likeness (QED) is 0.359. The molecule has 170 valence electrons. The Morgan fingerprint density at radius 2 is 1.83 bits per heavy atom. The van der Waals surface area contributed by atoms with Crippen LogP contribution in [0, 0.1) is 28.6 Å². The monoisotopic (exact) mass is 449 g/mol. The molecule has 4 rings (SSSR count). The molecule has 1 saturated heterocycles. The first-order chi connectivity index (χ1) is 13.6. The van der Waals surface area contributed by atoms with E-state index in [1.54, 1.807) is 11.9 Å². The molecule has 0 aromatic rings. The number of piperidine rings is 1. The van der Waals surface area contributed by atoms with Crippen molar-refractivity contribution in [3.05, 3.63) is 12.2 Å². The van der Waals surface area contributed by atoms with E-state index in [2.05, 4.69) is 26.0 Å². The number of alkyl halides is 3. The minimum atomic E-state index is -5.77. The molecule has 1 amide bonds. The van der Waals surface area contributed by atoms with Crippen molar-refractivity contribution in [2.45, 2.75) is 76.4 Å². The van der Waals surface area contributed by atoms with Gasteiger partial charge in [-0.15, -0.1) is 0 Å². The highest BCUT2D eigenvalue weighted by Crippen LogP contribution is 2.66. The van der Waals surface area contributed by atoms with Crippen molar-refractivity contribution in [3.63, 3.8) is 0 Å². The van der Waals surface area contributed by atoms with Crippen LogP contribution in [0.25, 0.3) is 0 Å². The summed E-state index contributed by atoms with van der Waals surface area (Å²) in [5.41, 5.74) is -7.46. The summed E-state index contributed by atoms with van der Waals surface area (Å²) < 4.78 is 69.2. The topological polar surface area (TPSA) is 63.7 Å². The van der Waals surface area contributed by atoms with Crippen LogP contribution in [0.2, 0.25) is 0 Å². The number of rotatable bonds is 2. The average Bonchev–Trinajstić information content (AvgIpc) is 3.01. The van der Waals surface area contributed by atoms with E-state index in [0.717, 1.165) is 12.8 Å². The number of hydrogen-bond donors (Lipinski definition) is 0. The van der Waals surface area contributed by atoms with E-state index in [1.807, 2.05) is 0 Å². The van der Waals surface area contributed by atoms with E-state index in [4.69, 9.17) is 4.18 Å². The van der Waals surface area contributed by atoms with Gasteiger partial charge in [0.2, 0.25) is 5.91 Å². The van der Waals surface area contributed by atoms with Crippen LogP contribution < -0.4 is 0 Å². The molecule has 2 unspecified atom stereocenters. The Morgan fingerprint density at radius 3 is 2.47 bits per heavy atom. The number of fused-ring (bicyclic) bond motifs is 5. The maximum absolute atomic E-state index is 13.3. The van der Waals surface area contributed by atoms with Crippen molar-refractivity contribution in [2.24, 2.45) is 28.6 Å². The van der Waals surface area contributed by atoms with Gasteiger partial charge in [0.1, 0.15) is 0 Å². The van der Waals surface area contributed by atoms with Crippen LogP contribution in [-0.2, 0) is 19.1 Å². The Bertz CT molecular complexity index is 887. The van der Waals surface area contributed by atoms with Crippen LogP contribution in [0.4, 0.5) is 13.2 Å². The van der Waals surface area contributed by atoms with Gasteiger partial charge in [-0.2, -0.15) is 21.6 Å². The highest BCUT2D eigenvalue weighted by Gasteiger charge is 2.67. The summed E-state index contributed by atoms with van der Waals surface area (Å²) in [7, 11) is -4.09. The molecule has 0 spiro atoms. The van der Waals surface area contributed by atoms with Crippen molar-refractivity contribution in [2.75, 3.05) is 7.05 Å². The highest BCUT2D eigenvalue weighted by molar-refractivity contribution is 7.87. The smallest absolute Gasteiger partial charge is 0.342 e. The fourth-order valence-electron chi connectivity index (χ4n) is 7.27. The molecular formula is C21H30F3NO4S. The summed E-state index contributed by atoms with van der Waals surface area (Å²) in [6.07, 6.45) is 7.74. The second-order valence-corrected chi connectivity index (χ2v) is 12.0. The Hall–Kier alpha value is -1.09. The number of carbonyl (C=O) groups is 1. The summed E-state index contributed by atoms with van der Waals surface area (Å²) in [5.74, 6) is -0.394. The van der Waals surface area contributed by atoms with E-state index in [1.165, 1.54) is 6.92 Å². The molecule has 4 aliphatic rings. The van der Waals surface area contributed by atoms with Gasteiger partial charge in [0.25, 0.3) is 0 Å². The van der Waals surface area contributed by atoms with Crippen LogP contribution in [0.15, 0.2) is 12.2 Å². The minimum absolute atomic E-state index is 0.0155. The van der Waals surface area contributed by atoms with Crippen molar-refractivity contribution < 1.29 is 30.6 Å². The molecule has 7 atom stereocenters. The number of halogens is 3. The molecule has 2 saturated carbocycles. The number of carbonyl (C=O) groups excluding carboxylic acids is 1. The van der Waals surface area contributed by atoms with E-state index < -0.39 is 21.2 Å². The van der Waals surface area contributed by atoms with E-state index in [9.17, 15) is 26.4 Å². The standard InChI is InChI=1S/C21H30F3NO4S/c1-18-9-5-6-13(18)17-14(7-10-18)19(2)11-8-16(26)25(4)15(19)12-20(17,3)29-30(27,28)21(22,23)24/h5,9,13-15,17H,6-8,10-12H2,1-4H3/t13-,14+,15?,17-,18-,19+,20?/m0/s1. The Kier molecular flexibility index (Phi) is 4.77. The first-order valence-corrected chi connectivity index (χ1v) is 12.0. The predicted molar refractivity (Wildman–Crippen MR) is 105 cm³/mol. The van der Waals surface area contributed by atoms with Crippen molar-refractivity contribution >= 4 is 16.0 Å². The van der Waals surface area contributed by atoms with Crippen molar-refractivity contribution in [1.29, 1.82) is 0 Å². The van der Waals surface area contributed by atoms with Gasteiger partial charge in [-0.25, -0.2) is 0 Å². The van der Waals surface area contributed by atoms with Gasteiger partial charge in [-0.05, 0) is 67.6 Å². The third-order valence-corrected chi connectivity index (χ3v) is 10.00. The third-order valence-electron chi connectivity index (χ3n) is 8.83. The fourth-order valence-corrected chi connectivity index (χ4v) is 8.04. The van der Waals surface area contributed by atoms with Crippen LogP contribution in [-0.4, -0.2) is 43.4 Å². The predicted octanol–water partition coefficient (Wildman–Crippen LogP) is 4.25. The summed E-state index contributed by atoms with van der Waals surface area (Å²) in [4.78, 5) is 14.0. The molecule has 0 bridgehead atoms. The number of likely N-dealkylation sites (tertiary alicyclic amines) is 1. The molecule has 30 heavy (non-hydrogen) atoms. The zero-order chi connectivity index (χ0) is 22.3. The fraction of sp³-hybridized carbons (Fsp3) is 0.857. The maximum Gasteiger partial charge on any atom is 0.523 e. The SMILES string of the molecule is CN1C(=O)CC[C@@]2(C)C1CC(C)(OS(=O)(=O)C(F)(F)F)[C@@H]1[C@H]2CC[C@]2(C)C=CC[C@@H]12. The lowest BCUT2D eigenvalue weighted by atomic mass is 9.44. The van der Waals surface area contributed by atoms with Gasteiger partial charge >= 0.3 is 15.6 Å². The molecular weight excluding hydrogens is 419 g/mol. The third kappa shape index (κ3) is 2.98. The van der Waals surface area contributed by atoms with Crippen molar-refractivity contribution in [1.82, 2.24) is 4.90 Å². The lowest BCUT2D eigenvalue weighted by molar-refractivity contribution is -0.199. The highest BCUT2D eigenvalue weighted by atomic mass is 32.2. The van der Waals surface area contributed by atoms with Crippen LogP contribution in [0.1, 0.15) is 59.3 Å². The van der Waals surface area contributed by atoms with Gasteiger partial charge < -0.3 is 4.90 Å². The van der Waals surface area contributed by atoms with Crippen LogP contribution >= 0.6 is 0 Å². The molecule has 0 radical (unpaired) electrons. The molecule has 0 aromatic heterocycles. The van der Waals surface area contributed by atoms with Crippen LogP contribution in [0.5, 0.6) is 0 Å². The molecule has 1 aliphatic heterocycles. The lowest BCUT2D eigenvalue weighted by Crippen LogP contribution is -2.68. The van der Waals surface area contributed by atoms with E-state index >= 15 is 0 Å². The number of amides is 1. The van der Waals surface area contributed by atoms with Gasteiger partial charge in [-0.1, -0.05) is 26.0 Å². The second kappa shape index (κ2) is 6.47. The maximum atomic E-state index is 13.3. The Labute approximate surface area is 176 Å². The second-order valence-electron chi connectivity index (χ2n) is 10.4. The van der Waals surface area contributed by atoms with Gasteiger partial charge in [0, 0.05) is 19.5 Å². The summed E-state index contributed by atoms with van der Waals surface area (Å²) in [6.45, 7) is 5.76. The molecule has 0 aromatic carbocycles. The average molecular weight is 450 g/mol. The van der Waals surface area contributed by atoms with E-state index in [-0.39, 0.29) is 47.0 Å². The zero-order valence-electron chi connectivity index (χ0n) is 17.8. The molecule has 5 nitrogen and oxygen atoms in total. The van der Waals surface area contributed by atoms with Gasteiger partial charge in [0.15, 0.2) is 0 Å². The van der Waals surface area contributed by atoms with Crippen molar-refractivity contribution in [3.8, 4) is 0 Å². The molecule has 3 fully saturated rings. The minimum Gasteiger partial charge on any atom is -0.342 e. The normalized spacial score (nSPS) is 46.4. The largest absolute Gasteiger partial charge is 0.523 e. The van der Waals surface area contributed by atoms with Crippen LogP contribution in [0.3, 0.4) is 0 Å². The lowest BCUT2D eigenvalue weighted by Gasteiger charge is -2.65. The van der Waals surface area contributed by atoms with Gasteiger partial charge in [-0.3, -0.25) is 8.98 Å².